The summed E-state index contributed by atoms with van der Waals surface area (Å²) in [5.41, 5.74) is 3.45. The van der Waals surface area contributed by atoms with Crippen molar-refractivity contribution in [2.24, 2.45) is 0 Å². The molecule has 1 aromatic heterocycles. The molecular formula is C22H31N3O2. The van der Waals surface area contributed by atoms with E-state index in [4.69, 9.17) is 14.5 Å². The highest BCUT2D eigenvalue weighted by molar-refractivity contribution is 5.45. The zero-order valence-corrected chi connectivity index (χ0v) is 16.7. The molecule has 1 fully saturated rings. The van der Waals surface area contributed by atoms with Gasteiger partial charge in [0.15, 0.2) is 11.5 Å². The molecule has 0 spiro atoms. The van der Waals surface area contributed by atoms with Crippen molar-refractivity contribution in [2.45, 2.75) is 33.2 Å². The first-order valence-corrected chi connectivity index (χ1v) is 9.99. The maximum Gasteiger partial charge on any atom is 0.161 e. The van der Waals surface area contributed by atoms with Crippen molar-refractivity contribution in [3.05, 3.63) is 53.3 Å². The number of aryl methyl sites for hydroxylation is 1. The zero-order valence-electron chi connectivity index (χ0n) is 16.7. The third-order valence-corrected chi connectivity index (χ3v) is 4.84. The fourth-order valence-corrected chi connectivity index (χ4v) is 3.57. The monoisotopic (exact) mass is 369 g/mol. The lowest BCUT2D eigenvalue weighted by molar-refractivity contribution is 0.235. The van der Waals surface area contributed by atoms with E-state index in [0.29, 0.717) is 13.2 Å². The SMILES string of the molecule is CCOc1ccc(C(c2ccc(C)cn2)N2CCCNCC2)cc1OCC. The molecular weight excluding hydrogens is 338 g/mol. The second kappa shape index (κ2) is 9.72. The average molecular weight is 370 g/mol. The van der Waals surface area contributed by atoms with E-state index in [9.17, 15) is 0 Å². The number of rotatable bonds is 7. The van der Waals surface area contributed by atoms with Crippen molar-refractivity contribution in [3.8, 4) is 11.5 Å². The van der Waals surface area contributed by atoms with E-state index in [1.807, 2.05) is 26.1 Å². The Balaban J connectivity index is 2.00. The number of hydrogen-bond acceptors (Lipinski definition) is 5. The summed E-state index contributed by atoms with van der Waals surface area (Å²) in [6.45, 7) is 11.4. The second-order valence-corrected chi connectivity index (χ2v) is 6.87. The van der Waals surface area contributed by atoms with Gasteiger partial charge in [0.2, 0.25) is 0 Å². The lowest BCUT2D eigenvalue weighted by atomic mass is 9.99. The Bertz CT molecular complexity index is 710. The van der Waals surface area contributed by atoms with Gasteiger partial charge in [-0.05, 0) is 63.1 Å². The van der Waals surface area contributed by atoms with Crippen molar-refractivity contribution in [2.75, 3.05) is 39.4 Å². The predicted octanol–water partition coefficient (Wildman–Crippen LogP) is 3.57. The van der Waals surface area contributed by atoms with Gasteiger partial charge in [0, 0.05) is 25.8 Å². The van der Waals surface area contributed by atoms with Gasteiger partial charge < -0.3 is 14.8 Å². The van der Waals surface area contributed by atoms with Crippen LogP contribution in [0.4, 0.5) is 0 Å². The summed E-state index contributed by atoms with van der Waals surface area (Å²) in [7, 11) is 0. The Morgan fingerprint density at radius 1 is 1.04 bits per heavy atom. The van der Waals surface area contributed by atoms with Crippen LogP contribution in [0.5, 0.6) is 11.5 Å². The number of benzene rings is 1. The summed E-state index contributed by atoms with van der Waals surface area (Å²) < 4.78 is 11.6. The Hall–Kier alpha value is -2.11. The highest BCUT2D eigenvalue weighted by atomic mass is 16.5. The molecule has 5 nitrogen and oxygen atoms in total. The van der Waals surface area contributed by atoms with Crippen molar-refractivity contribution >= 4 is 0 Å². The van der Waals surface area contributed by atoms with E-state index >= 15 is 0 Å². The average Bonchev–Trinajstić information content (AvgIpc) is 2.95. The summed E-state index contributed by atoms with van der Waals surface area (Å²) in [6.07, 6.45) is 3.09. The van der Waals surface area contributed by atoms with Crippen molar-refractivity contribution in [1.29, 1.82) is 0 Å². The van der Waals surface area contributed by atoms with Crippen LogP contribution in [0, 0.1) is 6.92 Å². The van der Waals surface area contributed by atoms with Crippen molar-refractivity contribution in [3.63, 3.8) is 0 Å². The molecule has 2 aromatic rings. The highest BCUT2D eigenvalue weighted by Crippen LogP contribution is 2.35. The normalized spacial score (nSPS) is 16.6. The van der Waals surface area contributed by atoms with E-state index in [0.717, 1.165) is 49.8 Å². The standard InChI is InChI=1S/C22H31N3O2/c1-4-26-20-10-8-18(15-21(20)27-5-2)22(19-9-7-17(3)16-24-19)25-13-6-11-23-12-14-25/h7-10,15-16,22-23H,4-6,11-14H2,1-3H3. The molecule has 3 rings (SSSR count). The van der Waals surface area contributed by atoms with E-state index in [-0.39, 0.29) is 6.04 Å². The van der Waals surface area contributed by atoms with Gasteiger partial charge in [0.25, 0.3) is 0 Å². The maximum absolute atomic E-state index is 5.87. The lowest BCUT2D eigenvalue weighted by Gasteiger charge is -2.31. The third kappa shape index (κ3) is 4.99. The van der Waals surface area contributed by atoms with Crippen LogP contribution >= 0.6 is 0 Å². The largest absolute Gasteiger partial charge is 0.490 e. The summed E-state index contributed by atoms with van der Waals surface area (Å²) >= 11 is 0. The molecule has 0 amide bonds. The van der Waals surface area contributed by atoms with Crippen molar-refractivity contribution < 1.29 is 9.47 Å². The molecule has 1 atom stereocenters. The summed E-state index contributed by atoms with van der Waals surface area (Å²) in [5.74, 6) is 1.61. The Morgan fingerprint density at radius 2 is 1.85 bits per heavy atom. The van der Waals surface area contributed by atoms with E-state index in [1.165, 1.54) is 11.1 Å². The number of pyridine rings is 1. The van der Waals surface area contributed by atoms with Gasteiger partial charge in [0.05, 0.1) is 24.9 Å². The molecule has 0 radical (unpaired) electrons. The van der Waals surface area contributed by atoms with E-state index < -0.39 is 0 Å². The molecule has 0 bridgehead atoms. The number of nitrogens with zero attached hydrogens (tertiary/aromatic N) is 2. The maximum atomic E-state index is 5.87. The molecule has 1 unspecified atom stereocenters. The van der Waals surface area contributed by atoms with Crippen LogP contribution in [0.1, 0.15) is 43.1 Å². The van der Waals surface area contributed by atoms with Crippen LogP contribution < -0.4 is 14.8 Å². The minimum absolute atomic E-state index is 0.111. The second-order valence-electron chi connectivity index (χ2n) is 6.87. The van der Waals surface area contributed by atoms with Crippen molar-refractivity contribution in [1.82, 2.24) is 15.2 Å². The molecule has 27 heavy (non-hydrogen) atoms. The molecule has 146 valence electrons. The minimum Gasteiger partial charge on any atom is -0.490 e. The highest BCUT2D eigenvalue weighted by Gasteiger charge is 2.25. The molecule has 0 aliphatic carbocycles. The minimum atomic E-state index is 0.111. The van der Waals surface area contributed by atoms with Gasteiger partial charge in [-0.15, -0.1) is 0 Å². The van der Waals surface area contributed by atoms with E-state index in [2.05, 4.69) is 41.4 Å². The van der Waals surface area contributed by atoms with Crippen LogP contribution in [0.3, 0.4) is 0 Å². The molecule has 1 saturated heterocycles. The van der Waals surface area contributed by atoms with Gasteiger partial charge in [-0.2, -0.15) is 0 Å². The molecule has 0 saturated carbocycles. The summed E-state index contributed by atoms with van der Waals surface area (Å²) in [5, 5.41) is 3.49. The predicted molar refractivity (Wildman–Crippen MR) is 109 cm³/mol. The number of nitrogens with one attached hydrogen (secondary N) is 1. The third-order valence-electron chi connectivity index (χ3n) is 4.84. The molecule has 1 aliphatic rings. The van der Waals surface area contributed by atoms with Gasteiger partial charge in [0.1, 0.15) is 0 Å². The number of aromatic nitrogens is 1. The fourth-order valence-electron chi connectivity index (χ4n) is 3.57. The van der Waals surface area contributed by atoms with Crippen LogP contribution in [0.25, 0.3) is 0 Å². The first-order valence-electron chi connectivity index (χ1n) is 9.99. The molecule has 1 aromatic carbocycles. The van der Waals surface area contributed by atoms with Crippen LogP contribution in [0.2, 0.25) is 0 Å². The molecule has 1 aliphatic heterocycles. The Labute approximate surface area is 162 Å². The Morgan fingerprint density at radius 3 is 2.59 bits per heavy atom. The lowest BCUT2D eigenvalue weighted by Crippen LogP contribution is -2.33. The first kappa shape index (κ1) is 19.6. The van der Waals surface area contributed by atoms with E-state index in [1.54, 1.807) is 0 Å². The molecule has 2 heterocycles. The topological polar surface area (TPSA) is 46.6 Å². The number of hydrogen-bond donors (Lipinski definition) is 1. The summed E-state index contributed by atoms with van der Waals surface area (Å²) in [6, 6.07) is 10.7. The summed E-state index contributed by atoms with van der Waals surface area (Å²) in [4.78, 5) is 7.28. The fraction of sp³-hybridized carbons (Fsp3) is 0.500. The van der Waals surface area contributed by atoms with Crippen LogP contribution in [-0.2, 0) is 0 Å². The molecule has 1 N–H and O–H groups in total. The van der Waals surface area contributed by atoms with Gasteiger partial charge in [-0.25, -0.2) is 0 Å². The smallest absolute Gasteiger partial charge is 0.161 e. The van der Waals surface area contributed by atoms with Crippen LogP contribution in [-0.4, -0.2) is 49.3 Å². The van der Waals surface area contributed by atoms with Crippen LogP contribution in [0.15, 0.2) is 36.5 Å². The number of ether oxygens (including phenoxy) is 2. The Kier molecular flexibility index (Phi) is 7.07. The van der Waals surface area contributed by atoms with Gasteiger partial charge >= 0.3 is 0 Å². The molecule has 5 heteroatoms. The first-order chi connectivity index (χ1) is 13.2. The van der Waals surface area contributed by atoms with Gasteiger partial charge in [-0.3, -0.25) is 9.88 Å². The zero-order chi connectivity index (χ0) is 19.1. The quantitative estimate of drug-likeness (QED) is 0.808. The van der Waals surface area contributed by atoms with Gasteiger partial charge in [-0.1, -0.05) is 12.1 Å².